The number of rotatable bonds is 5. The normalized spacial score (nSPS) is 12.3. The third-order valence-corrected chi connectivity index (χ3v) is 5.19. The van der Waals surface area contributed by atoms with Gasteiger partial charge in [-0.25, -0.2) is 4.98 Å². The van der Waals surface area contributed by atoms with E-state index < -0.39 is 0 Å². The number of hydrogen-bond acceptors (Lipinski definition) is 5. The van der Waals surface area contributed by atoms with Gasteiger partial charge in [0, 0.05) is 16.9 Å². The number of aromatic nitrogens is 2. The second kappa shape index (κ2) is 7.23. The predicted octanol–water partition coefficient (Wildman–Crippen LogP) is 4.69. The monoisotopic (exact) mass is 361 g/mol. The van der Waals surface area contributed by atoms with Gasteiger partial charge >= 0.3 is 0 Å². The lowest BCUT2D eigenvalue weighted by Gasteiger charge is -2.14. The van der Waals surface area contributed by atoms with E-state index in [4.69, 9.17) is 16.0 Å². The lowest BCUT2D eigenvalue weighted by Crippen LogP contribution is -2.25. The van der Waals surface area contributed by atoms with Crippen LogP contribution in [0, 0.1) is 6.92 Å². The van der Waals surface area contributed by atoms with Crippen molar-refractivity contribution in [1.82, 2.24) is 9.97 Å². The molecule has 7 heteroatoms. The van der Waals surface area contributed by atoms with E-state index in [9.17, 15) is 4.79 Å². The quantitative estimate of drug-likeness (QED) is 0.667. The topological polar surface area (TPSA) is 68.0 Å². The number of benzene rings is 1. The Kier molecular flexibility index (Phi) is 5.06. The lowest BCUT2D eigenvalue weighted by atomic mass is 10.2. The summed E-state index contributed by atoms with van der Waals surface area (Å²) in [4.78, 5) is 21.0. The number of oxazole rings is 1. The zero-order valence-corrected chi connectivity index (χ0v) is 14.8. The van der Waals surface area contributed by atoms with Gasteiger partial charge in [-0.2, -0.15) is 4.98 Å². The molecule has 0 saturated heterocycles. The predicted molar refractivity (Wildman–Crippen MR) is 96.6 cm³/mol. The SMILES string of the molecule is CCC(Sc1nc2ncccc2o1)C(=O)Nc1cccc(Cl)c1C. The van der Waals surface area contributed by atoms with Gasteiger partial charge in [0.15, 0.2) is 11.2 Å². The maximum absolute atomic E-state index is 12.6. The Morgan fingerprint density at radius 2 is 2.21 bits per heavy atom. The fourth-order valence-electron chi connectivity index (χ4n) is 2.20. The van der Waals surface area contributed by atoms with Crippen LogP contribution in [0.4, 0.5) is 5.69 Å². The van der Waals surface area contributed by atoms with Gasteiger partial charge < -0.3 is 9.73 Å². The van der Waals surface area contributed by atoms with Gasteiger partial charge in [-0.1, -0.05) is 36.4 Å². The van der Waals surface area contributed by atoms with Crippen LogP contribution in [0.2, 0.25) is 5.02 Å². The largest absolute Gasteiger partial charge is 0.430 e. The molecule has 1 atom stereocenters. The average Bonchev–Trinajstić information content (AvgIpc) is 2.99. The van der Waals surface area contributed by atoms with Crippen LogP contribution < -0.4 is 5.32 Å². The van der Waals surface area contributed by atoms with Gasteiger partial charge in [-0.05, 0) is 43.2 Å². The Bertz CT molecular complexity index is 848. The summed E-state index contributed by atoms with van der Waals surface area (Å²) in [6.07, 6.45) is 2.30. The second-order valence-electron chi connectivity index (χ2n) is 5.22. The van der Waals surface area contributed by atoms with E-state index in [1.807, 2.05) is 26.0 Å². The molecule has 0 fully saturated rings. The van der Waals surface area contributed by atoms with E-state index >= 15 is 0 Å². The van der Waals surface area contributed by atoms with Crippen molar-refractivity contribution in [2.45, 2.75) is 30.7 Å². The maximum Gasteiger partial charge on any atom is 0.259 e. The molecular weight excluding hydrogens is 346 g/mol. The summed E-state index contributed by atoms with van der Waals surface area (Å²) >= 11 is 7.39. The molecule has 0 bridgehead atoms. The molecule has 0 aliphatic heterocycles. The molecule has 2 aromatic heterocycles. The maximum atomic E-state index is 12.6. The van der Waals surface area contributed by atoms with E-state index in [0.29, 0.717) is 33.6 Å². The molecule has 0 aliphatic rings. The molecule has 0 spiro atoms. The zero-order valence-electron chi connectivity index (χ0n) is 13.2. The van der Waals surface area contributed by atoms with Gasteiger partial charge in [0.2, 0.25) is 5.91 Å². The van der Waals surface area contributed by atoms with Crippen molar-refractivity contribution in [3.8, 4) is 0 Å². The summed E-state index contributed by atoms with van der Waals surface area (Å²) in [7, 11) is 0. The Hall–Kier alpha value is -2.05. The number of thioether (sulfide) groups is 1. The number of nitrogens with one attached hydrogen (secondary N) is 1. The van der Waals surface area contributed by atoms with Crippen molar-refractivity contribution in [2.24, 2.45) is 0 Å². The number of nitrogens with zero attached hydrogens (tertiary/aromatic N) is 2. The first-order valence-corrected chi connectivity index (χ1v) is 8.78. The summed E-state index contributed by atoms with van der Waals surface area (Å²) < 4.78 is 5.63. The molecule has 3 aromatic rings. The van der Waals surface area contributed by atoms with Crippen LogP contribution in [0.3, 0.4) is 0 Å². The van der Waals surface area contributed by atoms with Crippen LogP contribution in [0.5, 0.6) is 0 Å². The van der Waals surface area contributed by atoms with Crippen LogP contribution in [0.25, 0.3) is 11.2 Å². The number of pyridine rings is 1. The van der Waals surface area contributed by atoms with Gasteiger partial charge in [0.1, 0.15) is 0 Å². The van der Waals surface area contributed by atoms with Crippen molar-refractivity contribution in [3.63, 3.8) is 0 Å². The summed E-state index contributed by atoms with van der Waals surface area (Å²) in [5, 5.41) is 3.67. The van der Waals surface area contributed by atoms with Gasteiger partial charge in [0.25, 0.3) is 5.22 Å². The number of fused-ring (bicyclic) bond motifs is 1. The summed E-state index contributed by atoms with van der Waals surface area (Å²) in [6.45, 7) is 3.82. The summed E-state index contributed by atoms with van der Waals surface area (Å²) in [5.74, 6) is -0.108. The molecule has 1 aromatic carbocycles. The Morgan fingerprint density at radius 1 is 1.38 bits per heavy atom. The van der Waals surface area contributed by atoms with Crippen molar-refractivity contribution in [2.75, 3.05) is 5.32 Å². The van der Waals surface area contributed by atoms with Crippen LogP contribution in [0.1, 0.15) is 18.9 Å². The van der Waals surface area contributed by atoms with E-state index in [-0.39, 0.29) is 11.2 Å². The van der Waals surface area contributed by atoms with Crippen molar-refractivity contribution < 1.29 is 9.21 Å². The Labute approximate surface area is 148 Å². The smallest absolute Gasteiger partial charge is 0.259 e. The fraction of sp³-hybridized carbons (Fsp3) is 0.235. The molecule has 0 aliphatic carbocycles. The Morgan fingerprint density at radius 3 is 2.96 bits per heavy atom. The number of amides is 1. The molecule has 1 unspecified atom stereocenters. The molecule has 3 rings (SSSR count). The average molecular weight is 362 g/mol. The van der Waals surface area contributed by atoms with Crippen molar-refractivity contribution in [1.29, 1.82) is 0 Å². The highest BCUT2D eigenvalue weighted by Gasteiger charge is 2.22. The molecule has 24 heavy (non-hydrogen) atoms. The van der Waals surface area contributed by atoms with Gasteiger partial charge in [-0.3, -0.25) is 4.79 Å². The zero-order chi connectivity index (χ0) is 17.1. The third-order valence-electron chi connectivity index (χ3n) is 3.58. The molecule has 0 radical (unpaired) electrons. The minimum Gasteiger partial charge on any atom is -0.430 e. The molecule has 0 saturated carbocycles. The first kappa shape index (κ1) is 16.8. The van der Waals surface area contributed by atoms with Crippen LogP contribution in [-0.4, -0.2) is 21.1 Å². The minimum absolute atomic E-state index is 0.108. The molecule has 2 heterocycles. The highest BCUT2D eigenvalue weighted by molar-refractivity contribution is 8.00. The van der Waals surface area contributed by atoms with E-state index in [1.54, 1.807) is 24.4 Å². The third kappa shape index (κ3) is 3.55. The highest BCUT2D eigenvalue weighted by Crippen LogP contribution is 2.29. The van der Waals surface area contributed by atoms with Crippen molar-refractivity contribution >= 4 is 46.2 Å². The van der Waals surface area contributed by atoms with Crippen molar-refractivity contribution in [3.05, 3.63) is 47.1 Å². The fourth-order valence-corrected chi connectivity index (χ4v) is 3.23. The molecule has 1 N–H and O–H groups in total. The first-order valence-electron chi connectivity index (χ1n) is 7.52. The second-order valence-corrected chi connectivity index (χ2v) is 6.78. The summed E-state index contributed by atoms with van der Waals surface area (Å²) in [6, 6.07) is 9.03. The van der Waals surface area contributed by atoms with E-state index in [1.165, 1.54) is 11.8 Å². The standard InChI is InChI=1S/C17H16ClN3O2S/c1-3-14(16(22)20-12-7-4-6-11(18)10(12)2)24-17-21-15-13(23-17)8-5-9-19-15/h4-9,14H,3H2,1-2H3,(H,20,22). The summed E-state index contributed by atoms with van der Waals surface area (Å²) in [5.41, 5.74) is 2.71. The molecule has 124 valence electrons. The number of anilines is 1. The van der Waals surface area contributed by atoms with Crippen LogP contribution in [-0.2, 0) is 4.79 Å². The number of carbonyl (C=O) groups excluding carboxylic acids is 1. The molecule has 5 nitrogen and oxygen atoms in total. The van der Waals surface area contributed by atoms with Gasteiger partial charge in [0.05, 0.1) is 5.25 Å². The minimum atomic E-state index is -0.323. The molecule has 1 amide bonds. The van der Waals surface area contributed by atoms with E-state index in [0.717, 1.165) is 5.56 Å². The number of carbonyl (C=O) groups is 1. The molecular formula is C17H16ClN3O2S. The number of halogens is 1. The lowest BCUT2D eigenvalue weighted by molar-refractivity contribution is -0.115. The Balaban J connectivity index is 1.75. The van der Waals surface area contributed by atoms with E-state index in [2.05, 4.69) is 15.3 Å². The van der Waals surface area contributed by atoms with Crippen LogP contribution >= 0.6 is 23.4 Å². The highest BCUT2D eigenvalue weighted by atomic mass is 35.5. The van der Waals surface area contributed by atoms with Crippen LogP contribution in [0.15, 0.2) is 46.2 Å². The first-order chi connectivity index (χ1) is 11.6. The van der Waals surface area contributed by atoms with Gasteiger partial charge in [-0.15, -0.1) is 0 Å². The number of hydrogen-bond donors (Lipinski definition) is 1.